The van der Waals surface area contributed by atoms with Crippen LogP contribution in [0.15, 0.2) is 24.4 Å². The highest BCUT2D eigenvalue weighted by Gasteiger charge is 2.40. The second-order valence-electron chi connectivity index (χ2n) is 4.58. The third-order valence-electron chi connectivity index (χ3n) is 2.99. The molecule has 1 saturated carbocycles. The first kappa shape index (κ1) is 9.66. The van der Waals surface area contributed by atoms with E-state index in [1.54, 1.807) is 0 Å². The fourth-order valence-corrected chi connectivity index (χ4v) is 1.75. The summed E-state index contributed by atoms with van der Waals surface area (Å²) < 4.78 is 7.37. The smallest absolute Gasteiger partial charge is 0.136 e. The standard InChI is InChI=1S/C12H14N2O2/c1-12(4-5-12)16-10-2-3-11-9(6-10)7-14(8-15)13-11/h2-3,6-7,15H,4-5,8H2,1H3. The lowest BCUT2D eigenvalue weighted by atomic mass is 10.2. The molecule has 1 aliphatic carbocycles. The van der Waals surface area contributed by atoms with Crippen molar-refractivity contribution in [2.75, 3.05) is 0 Å². The summed E-state index contributed by atoms with van der Waals surface area (Å²) in [4.78, 5) is 0. The molecule has 0 radical (unpaired) electrons. The maximum absolute atomic E-state index is 8.97. The third-order valence-corrected chi connectivity index (χ3v) is 2.99. The van der Waals surface area contributed by atoms with Crippen LogP contribution in [0, 0.1) is 0 Å². The fraction of sp³-hybridized carbons (Fsp3) is 0.417. The largest absolute Gasteiger partial charge is 0.488 e. The van der Waals surface area contributed by atoms with Crippen molar-refractivity contribution >= 4 is 10.9 Å². The molecule has 1 N–H and O–H groups in total. The van der Waals surface area contributed by atoms with Crippen molar-refractivity contribution in [2.24, 2.45) is 0 Å². The topological polar surface area (TPSA) is 47.3 Å². The van der Waals surface area contributed by atoms with Crippen LogP contribution in [0.4, 0.5) is 0 Å². The second-order valence-corrected chi connectivity index (χ2v) is 4.58. The number of hydrogen-bond acceptors (Lipinski definition) is 3. The molecule has 0 spiro atoms. The highest BCUT2D eigenvalue weighted by molar-refractivity contribution is 5.79. The molecular formula is C12H14N2O2. The molecule has 0 atom stereocenters. The molecule has 1 aromatic carbocycles. The van der Waals surface area contributed by atoms with Gasteiger partial charge in [0.1, 0.15) is 18.1 Å². The highest BCUT2D eigenvalue weighted by atomic mass is 16.5. The van der Waals surface area contributed by atoms with E-state index in [0.717, 1.165) is 29.5 Å². The second kappa shape index (κ2) is 3.22. The van der Waals surface area contributed by atoms with E-state index in [4.69, 9.17) is 9.84 Å². The van der Waals surface area contributed by atoms with E-state index < -0.39 is 0 Å². The molecule has 0 amide bonds. The van der Waals surface area contributed by atoms with Crippen molar-refractivity contribution < 1.29 is 9.84 Å². The van der Waals surface area contributed by atoms with Crippen LogP contribution in [-0.4, -0.2) is 20.5 Å². The Balaban J connectivity index is 1.95. The molecule has 1 heterocycles. The minimum atomic E-state index is -0.0947. The van der Waals surface area contributed by atoms with Gasteiger partial charge in [-0.1, -0.05) is 0 Å². The first-order chi connectivity index (χ1) is 7.68. The average molecular weight is 218 g/mol. The summed E-state index contributed by atoms with van der Waals surface area (Å²) in [5.41, 5.74) is 0.919. The number of nitrogens with zero attached hydrogens (tertiary/aromatic N) is 2. The Morgan fingerprint density at radius 2 is 2.31 bits per heavy atom. The van der Waals surface area contributed by atoms with Crippen LogP contribution in [0.3, 0.4) is 0 Å². The fourth-order valence-electron chi connectivity index (χ4n) is 1.75. The van der Waals surface area contributed by atoms with E-state index in [1.807, 2.05) is 24.4 Å². The lowest BCUT2D eigenvalue weighted by Crippen LogP contribution is -2.11. The molecule has 84 valence electrons. The number of aliphatic hydroxyl groups is 1. The quantitative estimate of drug-likeness (QED) is 0.856. The number of rotatable bonds is 3. The van der Waals surface area contributed by atoms with Gasteiger partial charge in [-0.3, -0.25) is 0 Å². The lowest BCUT2D eigenvalue weighted by Gasteiger charge is -2.12. The highest BCUT2D eigenvalue weighted by Crippen LogP contribution is 2.39. The van der Waals surface area contributed by atoms with Crippen LogP contribution >= 0.6 is 0 Å². The van der Waals surface area contributed by atoms with E-state index in [2.05, 4.69) is 12.0 Å². The minimum Gasteiger partial charge on any atom is -0.488 e. The van der Waals surface area contributed by atoms with Crippen molar-refractivity contribution in [3.63, 3.8) is 0 Å². The van der Waals surface area contributed by atoms with Gasteiger partial charge in [0.05, 0.1) is 5.52 Å². The molecule has 4 heteroatoms. The Morgan fingerprint density at radius 1 is 1.50 bits per heavy atom. The Kier molecular flexibility index (Phi) is 1.94. The van der Waals surface area contributed by atoms with Gasteiger partial charge in [0.25, 0.3) is 0 Å². The Bertz CT molecular complexity index is 529. The number of aliphatic hydroxyl groups excluding tert-OH is 1. The maximum Gasteiger partial charge on any atom is 0.136 e. The molecular weight excluding hydrogens is 204 g/mol. The summed E-state index contributed by atoms with van der Waals surface area (Å²) in [6.07, 6.45) is 4.07. The Hall–Kier alpha value is -1.55. The van der Waals surface area contributed by atoms with Gasteiger partial charge in [0, 0.05) is 11.6 Å². The van der Waals surface area contributed by atoms with Gasteiger partial charge >= 0.3 is 0 Å². The normalized spacial score (nSPS) is 17.6. The van der Waals surface area contributed by atoms with Crippen LogP contribution in [0.2, 0.25) is 0 Å². The molecule has 0 unspecified atom stereocenters. The van der Waals surface area contributed by atoms with E-state index in [1.165, 1.54) is 4.68 Å². The maximum atomic E-state index is 8.97. The molecule has 1 fully saturated rings. The van der Waals surface area contributed by atoms with Crippen molar-refractivity contribution in [1.82, 2.24) is 9.78 Å². The Labute approximate surface area is 93.4 Å². The molecule has 2 aromatic rings. The number of benzene rings is 1. The molecule has 1 aromatic heterocycles. The summed E-state index contributed by atoms with van der Waals surface area (Å²) in [7, 11) is 0. The predicted octanol–water partition coefficient (Wildman–Crippen LogP) is 1.92. The van der Waals surface area contributed by atoms with Crippen molar-refractivity contribution in [3.8, 4) is 5.75 Å². The molecule has 0 saturated heterocycles. The minimum absolute atomic E-state index is 0.0423. The van der Waals surface area contributed by atoms with Gasteiger partial charge in [-0.05, 0) is 38.0 Å². The lowest BCUT2D eigenvalue weighted by molar-refractivity contribution is 0.196. The Morgan fingerprint density at radius 3 is 3.00 bits per heavy atom. The van der Waals surface area contributed by atoms with Crippen molar-refractivity contribution in [1.29, 1.82) is 0 Å². The summed E-state index contributed by atoms with van der Waals surface area (Å²) in [5, 5.41) is 14.2. The number of hydrogen-bond donors (Lipinski definition) is 1. The zero-order valence-corrected chi connectivity index (χ0v) is 9.18. The number of fused-ring (bicyclic) bond motifs is 1. The van der Waals surface area contributed by atoms with Gasteiger partial charge < -0.3 is 9.84 Å². The zero-order valence-electron chi connectivity index (χ0n) is 9.18. The third kappa shape index (κ3) is 1.65. The molecule has 0 bridgehead atoms. The monoisotopic (exact) mass is 218 g/mol. The van der Waals surface area contributed by atoms with E-state index in [-0.39, 0.29) is 12.3 Å². The molecule has 1 aliphatic rings. The molecule has 16 heavy (non-hydrogen) atoms. The zero-order chi connectivity index (χ0) is 11.2. The van der Waals surface area contributed by atoms with Crippen molar-refractivity contribution in [2.45, 2.75) is 32.1 Å². The summed E-state index contributed by atoms with van der Waals surface area (Å²) in [6, 6.07) is 5.82. The first-order valence-corrected chi connectivity index (χ1v) is 5.46. The molecule has 3 rings (SSSR count). The van der Waals surface area contributed by atoms with Gasteiger partial charge in [0.15, 0.2) is 0 Å². The SMILES string of the molecule is CC1(Oc2ccc3nn(CO)cc3c2)CC1. The van der Waals surface area contributed by atoms with Crippen molar-refractivity contribution in [3.05, 3.63) is 24.4 Å². The summed E-state index contributed by atoms with van der Waals surface area (Å²) in [5.74, 6) is 0.880. The van der Waals surface area contributed by atoms with Crippen LogP contribution in [0.25, 0.3) is 10.9 Å². The first-order valence-electron chi connectivity index (χ1n) is 5.46. The molecule has 4 nitrogen and oxygen atoms in total. The average Bonchev–Trinajstić information content (AvgIpc) is 2.85. The number of ether oxygens (including phenoxy) is 1. The summed E-state index contributed by atoms with van der Waals surface area (Å²) >= 11 is 0. The van der Waals surface area contributed by atoms with E-state index >= 15 is 0 Å². The van der Waals surface area contributed by atoms with Gasteiger partial charge in [0.2, 0.25) is 0 Å². The predicted molar refractivity (Wildman–Crippen MR) is 60.2 cm³/mol. The van der Waals surface area contributed by atoms with Gasteiger partial charge in [-0.15, -0.1) is 0 Å². The van der Waals surface area contributed by atoms with Crippen LogP contribution in [0.1, 0.15) is 19.8 Å². The van der Waals surface area contributed by atoms with Crippen LogP contribution in [-0.2, 0) is 6.73 Å². The van der Waals surface area contributed by atoms with Crippen LogP contribution < -0.4 is 4.74 Å². The van der Waals surface area contributed by atoms with Gasteiger partial charge in [-0.2, -0.15) is 5.10 Å². The van der Waals surface area contributed by atoms with E-state index in [9.17, 15) is 0 Å². The molecule has 0 aliphatic heterocycles. The van der Waals surface area contributed by atoms with Crippen LogP contribution in [0.5, 0.6) is 5.75 Å². The number of aromatic nitrogens is 2. The van der Waals surface area contributed by atoms with Gasteiger partial charge in [-0.25, -0.2) is 4.68 Å². The summed E-state index contributed by atoms with van der Waals surface area (Å²) in [6.45, 7) is 2.02. The van der Waals surface area contributed by atoms with E-state index in [0.29, 0.717) is 0 Å².